The number of imidazole rings is 1. The van der Waals surface area contributed by atoms with E-state index in [1.165, 1.54) is 5.69 Å². The molecule has 0 aliphatic carbocycles. The van der Waals surface area contributed by atoms with Crippen LogP contribution >= 0.6 is 11.8 Å². The number of hydrogen-bond donors (Lipinski definition) is 0. The van der Waals surface area contributed by atoms with Crippen LogP contribution < -0.4 is 4.90 Å². The second-order valence-corrected chi connectivity index (χ2v) is 5.31. The fourth-order valence-corrected chi connectivity index (χ4v) is 2.51. The molecule has 98 valence electrons. The summed E-state index contributed by atoms with van der Waals surface area (Å²) >= 11 is 1.60. The van der Waals surface area contributed by atoms with Crippen LogP contribution in [-0.2, 0) is 0 Å². The third-order valence-corrected chi connectivity index (χ3v) is 3.66. The Balaban J connectivity index is 2.17. The second kappa shape index (κ2) is 6.30. The number of benzene rings is 1. The summed E-state index contributed by atoms with van der Waals surface area (Å²) < 4.78 is 2.04. The zero-order chi connectivity index (χ0) is 13.7. The normalized spacial score (nSPS) is 10.2. The van der Waals surface area contributed by atoms with E-state index in [-0.39, 0.29) is 0 Å². The number of hydrogen-bond acceptors (Lipinski definition) is 4. The van der Waals surface area contributed by atoms with Gasteiger partial charge in [-0.2, -0.15) is 5.26 Å². The molecule has 2 aromatic rings. The quantitative estimate of drug-likeness (QED) is 0.620. The van der Waals surface area contributed by atoms with E-state index in [0.29, 0.717) is 6.42 Å². The Kier molecular flexibility index (Phi) is 4.48. The van der Waals surface area contributed by atoms with Crippen molar-refractivity contribution in [2.24, 2.45) is 0 Å². The van der Waals surface area contributed by atoms with Crippen LogP contribution in [0.4, 0.5) is 5.69 Å². The highest BCUT2D eigenvalue weighted by atomic mass is 32.2. The third-order valence-electron chi connectivity index (χ3n) is 2.70. The first-order valence-corrected chi connectivity index (χ1v) is 7.02. The molecule has 0 aliphatic heterocycles. The van der Waals surface area contributed by atoms with Crippen molar-refractivity contribution < 1.29 is 0 Å². The lowest BCUT2D eigenvalue weighted by atomic mass is 10.2. The summed E-state index contributed by atoms with van der Waals surface area (Å²) in [6.07, 6.45) is 4.27. The van der Waals surface area contributed by atoms with Gasteiger partial charge in [0.25, 0.3) is 0 Å². The van der Waals surface area contributed by atoms with E-state index >= 15 is 0 Å². The molecule has 0 aliphatic rings. The monoisotopic (exact) mass is 272 g/mol. The Hall–Kier alpha value is -1.93. The Labute approximate surface area is 117 Å². The lowest BCUT2D eigenvalue weighted by Crippen LogP contribution is -2.08. The summed E-state index contributed by atoms with van der Waals surface area (Å²) in [7, 11) is 4.05. The Bertz CT molecular complexity index is 566. The smallest absolute Gasteiger partial charge is 0.172 e. The van der Waals surface area contributed by atoms with Gasteiger partial charge in [0.2, 0.25) is 0 Å². The average Bonchev–Trinajstić information content (AvgIpc) is 2.87. The SMILES string of the molecule is CN(C)c1ccc(-n2ccnc2SCCC#N)cc1. The molecule has 0 atom stereocenters. The lowest BCUT2D eigenvalue weighted by molar-refractivity contribution is 0.894. The van der Waals surface area contributed by atoms with Gasteiger partial charge in [-0.15, -0.1) is 0 Å². The maximum atomic E-state index is 8.57. The van der Waals surface area contributed by atoms with Crippen LogP contribution in [0.2, 0.25) is 0 Å². The molecule has 2 rings (SSSR count). The van der Waals surface area contributed by atoms with E-state index in [1.807, 2.05) is 24.9 Å². The molecule has 0 radical (unpaired) electrons. The van der Waals surface area contributed by atoms with Gasteiger partial charge in [0, 0.05) is 50.0 Å². The lowest BCUT2D eigenvalue weighted by Gasteiger charge is -2.13. The van der Waals surface area contributed by atoms with Crippen LogP contribution in [0.1, 0.15) is 6.42 Å². The fraction of sp³-hybridized carbons (Fsp3) is 0.286. The fourth-order valence-electron chi connectivity index (χ4n) is 1.69. The molecule has 0 saturated heterocycles. The van der Waals surface area contributed by atoms with Crippen LogP contribution in [0.25, 0.3) is 5.69 Å². The Morgan fingerprint density at radius 3 is 2.68 bits per heavy atom. The summed E-state index contributed by atoms with van der Waals surface area (Å²) in [6.45, 7) is 0. The van der Waals surface area contributed by atoms with E-state index in [4.69, 9.17) is 5.26 Å². The number of anilines is 1. The number of nitrogens with zero attached hydrogens (tertiary/aromatic N) is 4. The molecule has 1 heterocycles. The molecule has 1 aromatic heterocycles. The molecule has 0 spiro atoms. The van der Waals surface area contributed by atoms with Gasteiger partial charge in [-0.05, 0) is 24.3 Å². The first-order chi connectivity index (χ1) is 9.22. The van der Waals surface area contributed by atoms with E-state index < -0.39 is 0 Å². The molecule has 0 saturated carbocycles. The van der Waals surface area contributed by atoms with Crippen LogP contribution in [0, 0.1) is 11.3 Å². The molecule has 1 aromatic carbocycles. The van der Waals surface area contributed by atoms with Gasteiger partial charge >= 0.3 is 0 Å². The van der Waals surface area contributed by atoms with Gasteiger partial charge < -0.3 is 4.90 Å². The summed E-state index contributed by atoms with van der Waals surface area (Å²) in [5.41, 5.74) is 2.25. The molecule has 5 heteroatoms. The Morgan fingerprint density at radius 1 is 1.32 bits per heavy atom. The van der Waals surface area contributed by atoms with Gasteiger partial charge in [-0.1, -0.05) is 11.8 Å². The van der Waals surface area contributed by atoms with Gasteiger partial charge in [0.05, 0.1) is 6.07 Å². The summed E-state index contributed by atoms with van der Waals surface area (Å²) in [6, 6.07) is 10.5. The van der Waals surface area contributed by atoms with E-state index in [1.54, 1.807) is 18.0 Å². The van der Waals surface area contributed by atoms with Gasteiger partial charge in [-0.3, -0.25) is 4.57 Å². The molecule has 0 N–H and O–H groups in total. The minimum atomic E-state index is 0.539. The van der Waals surface area contributed by atoms with Crippen LogP contribution in [0.15, 0.2) is 41.8 Å². The molecule has 4 nitrogen and oxygen atoms in total. The first-order valence-electron chi connectivity index (χ1n) is 6.03. The van der Waals surface area contributed by atoms with Crippen molar-refractivity contribution in [3.05, 3.63) is 36.7 Å². The van der Waals surface area contributed by atoms with Crippen molar-refractivity contribution in [1.82, 2.24) is 9.55 Å². The molecule has 19 heavy (non-hydrogen) atoms. The number of nitriles is 1. The standard InChI is InChI=1S/C14H16N4S/c1-17(2)12-4-6-13(7-5-12)18-10-9-16-14(18)19-11-3-8-15/h4-7,9-10H,3,11H2,1-2H3. The van der Waals surface area contributed by atoms with E-state index in [2.05, 4.69) is 40.2 Å². The third kappa shape index (κ3) is 3.30. The highest BCUT2D eigenvalue weighted by molar-refractivity contribution is 7.99. The number of thioether (sulfide) groups is 1. The molecular formula is C14H16N4S. The minimum absolute atomic E-state index is 0.539. The van der Waals surface area contributed by atoms with Crippen molar-refractivity contribution in [2.45, 2.75) is 11.6 Å². The number of aromatic nitrogens is 2. The predicted molar refractivity (Wildman–Crippen MR) is 78.8 cm³/mol. The van der Waals surface area contributed by atoms with Gasteiger partial charge in [0.15, 0.2) is 5.16 Å². The van der Waals surface area contributed by atoms with Gasteiger partial charge in [0.1, 0.15) is 0 Å². The average molecular weight is 272 g/mol. The summed E-state index contributed by atoms with van der Waals surface area (Å²) in [5, 5.41) is 9.49. The highest BCUT2D eigenvalue weighted by Gasteiger charge is 2.05. The molecule has 0 amide bonds. The van der Waals surface area contributed by atoms with E-state index in [9.17, 15) is 0 Å². The zero-order valence-corrected chi connectivity index (χ0v) is 11.9. The van der Waals surface area contributed by atoms with Crippen LogP contribution in [0.5, 0.6) is 0 Å². The van der Waals surface area contributed by atoms with Gasteiger partial charge in [-0.25, -0.2) is 4.98 Å². The highest BCUT2D eigenvalue weighted by Crippen LogP contribution is 2.22. The first kappa shape index (κ1) is 13.5. The second-order valence-electron chi connectivity index (χ2n) is 4.25. The largest absolute Gasteiger partial charge is 0.378 e. The maximum absolute atomic E-state index is 8.57. The number of rotatable bonds is 5. The summed E-state index contributed by atoms with van der Waals surface area (Å²) in [4.78, 5) is 6.40. The molecule has 0 unspecified atom stereocenters. The van der Waals surface area contributed by atoms with Crippen LogP contribution in [-0.4, -0.2) is 29.4 Å². The summed E-state index contributed by atoms with van der Waals surface area (Å²) in [5.74, 6) is 0.767. The molecule has 0 fully saturated rings. The predicted octanol–water partition coefficient (Wildman–Crippen LogP) is 2.94. The van der Waals surface area contributed by atoms with Crippen molar-refractivity contribution in [1.29, 1.82) is 5.26 Å². The van der Waals surface area contributed by atoms with Crippen molar-refractivity contribution in [3.8, 4) is 11.8 Å². The van der Waals surface area contributed by atoms with E-state index in [0.717, 1.165) is 16.6 Å². The molecular weight excluding hydrogens is 256 g/mol. The minimum Gasteiger partial charge on any atom is -0.378 e. The van der Waals surface area contributed by atoms with Crippen molar-refractivity contribution in [2.75, 3.05) is 24.7 Å². The zero-order valence-electron chi connectivity index (χ0n) is 11.1. The van der Waals surface area contributed by atoms with Crippen molar-refractivity contribution >= 4 is 17.4 Å². The van der Waals surface area contributed by atoms with Crippen molar-refractivity contribution in [3.63, 3.8) is 0 Å². The van der Waals surface area contributed by atoms with Crippen LogP contribution in [0.3, 0.4) is 0 Å². The Morgan fingerprint density at radius 2 is 2.05 bits per heavy atom. The topological polar surface area (TPSA) is 44.9 Å². The maximum Gasteiger partial charge on any atom is 0.172 e. The molecule has 0 bridgehead atoms.